The number of hydrogen-bond acceptors (Lipinski definition) is 8. The van der Waals surface area contributed by atoms with Crippen LogP contribution in [0.5, 0.6) is 5.75 Å². The maximum Gasteiger partial charge on any atom is 0.410 e. The molecule has 1 amide bonds. The largest absolute Gasteiger partial charge is 0.484 e. The minimum absolute atomic E-state index is 0.00517. The number of benzene rings is 1. The second-order valence-corrected chi connectivity index (χ2v) is 10.0. The van der Waals surface area contributed by atoms with Gasteiger partial charge in [0.1, 0.15) is 23.6 Å². The average Bonchev–Trinajstić information content (AvgIpc) is 3.42. The van der Waals surface area contributed by atoms with Gasteiger partial charge in [0.2, 0.25) is 0 Å². The topological polar surface area (TPSA) is 112 Å². The number of piperidine rings is 1. The van der Waals surface area contributed by atoms with Gasteiger partial charge in [-0.05, 0) is 56.2 Å². The maximum atomic E-state index is 14.4. The molecule has 0 spiro atoms. The van der Waals surface area contributed by atoms with E-state index in [4.69, 9.17) is 9.47 Å². The summed E-state index contributed by atoms with van der Waals surface area (Å²) in [5.74, 6) is -0.514. The third-order valence-electron chi connectivity index (χ3n) is 5.10. The smallest absolute Gasteiger partial charge is 0.410 e. The number of likely N-dealkylation sites (tertiary alicyclic amines) is 1. The van der Waals surface area contributed by atoms with Crippen molar-refractivity contribution in [3.63, 3.8) is 0 Å². The van der Waals surface area contributed by atoms with E-state index < -0.39 is 22.2 Å². The number of carbonyl (C=O) groups excluding carboxylic acids is 1. The molecule has 0 aliphatic carbocycles. The van der Waals surface area contributed by atoms with Crippen LogP contribution in [0.2, 0.25) is 0 Å². The number of tetrazole rings is 1. The van der Waals surface area contributed by atoms with Crippen LogP contribution in [0.25, 0.3) is 5.69 Å². The van der Waals surface area contributed by atoms with Crippen molar-refractivity contribution in [1.29, 1.82) is 0 Å². The molecule has 0 bridgehead atoms. The zero-order valence-electron chi connectivity index (χ0n) is 18.6. The summed E-state index contributed by atoms with van der Waals surface area (Å²) in [5.41, 5.74) is 0.405. The van der Waals surface area contributed by atoms with E-state index in [0.29, 0.717) is 42.4 Å². The Balaban J connectivity index is 1.32. The molecular weight excluding hydrogens is 451 g/mol. The van der Waals surface area contributed by atoms with Crippen LogP contribution in [0.1, 0.15) is 33.6 Å². The second-order valence-electron chi connectivity index (χ2n) is 8.76. The molecule has 176 valence electrons. The van der Waals surface area contributed by atoms with Crippen LogP contribution in [0.3, 0.4) is 0 Å². The molecule has 1 unspecified atom stereocenters. The third kappa shape index (κ3) is 5.62. The van der Waals surface area contributed by atoms with Crippen LogP contribution in [0, 0.1) is 11.7 Å². The highest BCUT2D eigenvalue weighted by Gasteiger charge is 2.32. The van der Waals surface area contributed by atoms with Gasteiger partial charge in [0.25, 0.3) is 0 Å². The van der Waals surface area contributed by atoms with Crippen LogP contribution in [0.15, 0.2) is 40.6 Å². The molecule has 1 saturated heterocycles. The van der Waals surface area contributed by atoms with Crippen molar-refractivity contribution in [2.24, 2.45) is 10.9 Å². The lowest BCUT2D eigenvalue weighted by molar-refractivity contribution is 0.0202. The molecule has 1 fully saturated rings. The maximum absolute atomic E-state index is 14.4. The highest BCUT2D eigenvalue weighted by atomic mass is 32.2. The molecule has 1 atom stereocenters. The first kappa shape index (κ1) is 23.0. The molecule has 3 heterocycles. The van der Waals surface area contributed by atoms with Crippen molar-refractivity contribution in [2.75, 3.05) is 19.7 Å². The molecule has 1 aromatic heterocycles. The Morgan fingerprint density at radius 2 is 2.03 bits per heavy atom. The van der Waals surface area contributed by atoms with Crippen molar-refractivity contribution in [3.05, 3.63) is 41.4 Å². The molecule has 0 saturated carbocycles. The van der Waals surface area contributed by atoms with Gasteiger partial charge in [0.15, 0.2) is 11.6 Å². The minimum atomic E-state index is -1.36. The van der Waals surface area contributed by atoms with E-state index in [9.17, 15) is 13.4 Å². The first-order valence-corrected chi connectivity index (χ1v) is 11.7. The van der Waals surface area contributed by atoms with Crippen molar-refractivity contribution >= 4 is 21.9 Å². The fraction of sp³-hybridized carbons (Fsp3) is 0.476. The fourth-order valence-electron chi connectivity index (χ4n) is 3.53. The number of nitrogens with zero attached hydrogens (tertiary/aromatic N) is 6. The fourth-order valence-corrected chi connectivity index (χ4v) is 4.79. The molecule has 2 aromatic rings. The molecule has 33 heavy (non-hydrogen) atoms. The number of aliphatic imine (C=N–C) groups is 1. The summed E-state index contributed by atoms with van der Waals surface area (Å²) >= 11 is 0. The van der Waals surface area contributed by atoms with Gasteiger partial charge in [-0.2, -0.15) is 0 Å². The summed E-state index contributed by atoms with van der Waals surface area (Å²) in [5, 5.41) is 12.9. The van der Waals surface area contributed by atoms with Gasteiger partial charge in [0.05, 0.1) is 22.2 Å². The van der Waals surface area contributed by atoms with E-state index in [1.54, 1.807) is 11.0 Å². The van der Waals surface area contributed by atoms with Crippen molar-refractivity contribution < 1.29 is 22.9 Å². The number of ether oxygens (including phenoxy) is 2. The Hall–Kier alpha value is -3.15. The zero-order chi connectivity index (χ0) is 23.6. The molecule has 2 aliphatic heterocycles. The van der Waals surface area contributed by atoms with E-state index in [2.05, 4.69) is 20.5 Å². The van der Waals surface area contributed by atoms with Crippen LogP contribution in [-0.2, 0) is 15.5 Å². The average molecular weight is 477 g/mol. The normalized spacial score (nSPS) is 19.3. The predicted molar refractivity (Wildman–Crippen MR) is 119 cm³/mol. The van der Waals surface area contributed by atoms with Gasteiger partial charge in [-0.25, -0.2) is 23.1 Å². The van der Waals surface area contributed by atoms with Crippen LogP contribution in [0.4, 0.5) is 9.18 Å². The van der Waals surface area contributed by atoms with E-state index in [1.165, 1.54) is 28.5 Å². The molecular formula is C21H25FN6O4S. The second kappa shape index (κ2) is 9.38. The molecule has 0 radical (unpaired) electrons. The lowest BCUT2D eigenvalue weighted by Gasteiger charge is -2.33. The van der Waals surface area contributed by atoms with Crippen molar-refractivity contribution in [3.8, 4) is 11.4 Å². The molecule has 12 heteroatoms. The lowest BCUT2D eigenvalue weighted by Crippen LogP contribution is -2.43. The van der Waals surface area contributed by atoms with E-state index in [-0.39, 0.29) is 24.4 Å². The molecule has 1 aromatic carbocycles. The van der Waals surface area contributed by atoms with Crippen LogP contribution < -0.4 is 4.74 Å². The SMILES string of the molecule is CC(C)(C)OC(=O)N1CCC(C2=NC(COc3ccc(-n4cnnn4)cc3F)=CS2=O)CC1. The first-order chi connectivity index (χ1) is 15.7. The predicted octanol–water partition coefficient (Wildman–Crippen LogP) is 2.83. The summed E-state index contributed by atoms with van der Waals surface area (Å²) in [6.45, 7) is 6.52. The number of rotatable bonds is 5. The first-order valence-electron chi connectivity index (χ1n) is 10.5. The Labute approximate surface area is 192 Å². The summed E-state index contributed by atoms with van der Waals surface area (Å²) in [7, 11) is -1.36. The highest BCUT2D eigenvalue weighted by molar-refractivity contribution is 8.03. The summed E-state index contributed by atoms with van der Waals surface area (Å²) in [6, 6.07) is 4.37. The number of hydrogen-bond donors (Lipinski definition) is 0. The van der Waals surface area contributed by atoms with Crippen molar-refractivity contribution in [2.45, 2.75) is 39.2 Å². The number of carbonyl (C=O) groups is 1. The summed E-state index contributed by atoms with van der Waals surface area (Å²) in [4.78, 5) is 18.4. The Bertz CT molecular complexity index is 1100. The van der Waals surface area contributed by atoms with Gasteiger partial charge in [0, 0.05) is 30.5 Å². The Morgan fingerprint density at radius 3 is 2.67 bits per heavy atom. The molecule has 4 rings (SSSR count). The van der Waals surface area contributed by atoms with Gasteiger partial charge < -0.3 is 14.4 Å². The summed E-state index contributed by atoms with van der Waals surface area (Å²) < 4.78 is 39.3. The quantitative estimate of drug-likeness (QED) is 0.652. The number of amides is 1. The van der Waals surface area contributed by atoms with E-state index in [0.717, 1.165) is 0 Å². The van der Waals surface area contributed by atoms with E-state index in [1.807, 2.05) is 20.8 Å². The summed E-state index contributed by atoms with van der Waals surface area (Å²) in [6.07, 6.45) is 2.33. The van der Waals surface area contributed by atoms with E-state index >= 15 is 0 Å². The monoisotopic (exact) mass is 476 g/mol. The zero-order valence-corrected chi connectivity index (χ0v) is 19.4. The Kier molecular flexibility index (Phi) is 6.54. The van der Waals surface area contributed by atoms with Crippen LogP contribution in [-0.4, -0.2) is 65.8 Å². The van der Waals surface area contributed by atoms with Gasteiger partial charge in [-0.15, -0.1) is 5.10 Å². The van der Waals surface area contributed by atoms with Gasteiger partial charge in [-0.3, -0.25) is 0 Å². The molecule has 0 N–H and O–H groups in total. The number of aromatic nitrogens is 4. The Morgan fingerprint density at radius 1 is 1.27 bits per heavy atom. The highest BCUT2D eigenvalue weighted by Crippen LogP contribution is 2.27. The van der Waals surface area contributed by atoms with Crippen molar-refractivity contribution in [1.82, 2.24) is 25.1 Å². The lowest BCUT2D eigenvalue weighted by atomic mass is 9.98. The number of halogens is 1. The third-order valence-corrected chi connectivity index (χ3v) is 6.43. The van der Waals surface area contributed by atoms with Crippen LogP contribution >= 0.6 is 0 Å². The molecule has 2 aliphatic rings. The molecule has 10 nitrogen and oxygen atoms in total. The van der Waals surface area contributed by atoms with Gasteiger partial charge in [-0.1, -0.05) is 0 Å². The minimum Gasteiger partial charge on any atom is -0.484 e. The van der Waals surface area contributed by atoms with Gasteiger partial charge >= 0.3 is 6.09 Å². The standard InChI is InChI=1S/C21H25FN6O4S/c1-21(2,3)32-20(29)27-8-6-14(7-9-27)19-24-15(12-33(19)30)11-31-18-5-4-16(10-17(18)22)28-13-23-25-26-28/h4-5,10,12-14H,6-9,11H2,1-3H3.